The Morgan fingerprint density at radius 2 is 1.56 bits per heavy atom. The van der Waals surface area contributed by atoms with Crippen LogP contribution in [-0.4, -0.2) is 36.7 Å². The van der Waals surface area contributed by atoms with Crippen LogP contribution in [0.15, 0.2) is 72.3 Å². The van der Waals surface area contributed by atoms with Crippen molar-refractivity contribution in [2.75, 3.05) is 26.6 Å². The Kier molecular flexibility index (Phi) is 5.45. The lowest BCUT2D eigenvalue weighted by Gasteiger charge is -2.30. The Bertz CT molecular complexity index is 1400. The minimum Gasteiger partial charge on any atom is -0.493 e. The maximum Gasteiger partial charge on any atom is 0.209 e. The van der Waals surface area contributed by atoms with Crippen LogP contribution in [0.2, 0.25) is 0 Å². The highest BCUT2D eigenvalue weighted by molar-refractivity contribution is 6.14. The number of rotatable bonds is 6. The molecule has 3 aromatic carbocycles. The van der Waals surface area contributed by atoms with Crippen molar-refractivity contribution in [2.24, 2.45) is 0 Å². The average Bonchev–Trinajstić information content (AvgIpc) is 3.26. The Hall–Kier alpha value is -4.26. The molecule has 0 radical (unpaired) electrons. The number of para-hydroxylation sites is 2. The van der Waals surface area contributed by atoms with Crippen LogP contribution >= 0.6 is 0 Å². The van der Waals surface area contributed by atoms with Crippen LogP contribution in [-0.2, 0) is 0 Å². The van der Waals surface area contributed by atoms with Crippen LogP contribution in [0.4, 0.5) is 5.95 Å². The SMILES string of the molecule is COc1cc(C2Nc3nc4ccccc4n3C(C)=C2C(=O)c2ccccc2)cc(OC)c1OC. The van der Waals surface area contributed by atoms with Gasteiger partial charge in [0.2, 0.25) is 11.7 Å². The lowest BCUT2D eigenvalue weighted by molar-refractivity contribution is 0.102. The van der Waals surface area contributed by atoms with Gasteiger partial charge in [0.05, 0.1) is 38.4 Å². The minimum absolute atomic E-state index is 0.0622. The summed E-state index contributed by atoms with van der Waals surface area (Å²) in [6, 6.07) is 20.4. The van der Waals surface area contributed by atoms with E-state index >= 15 is 0 Å². The molecule has 0 bridgehead atoms. The van der Waals surface area contributed by atoms with Gasteiger partial charge in [-0.2, -0.15) is 0 Å². The van der Waals surface area contributed by atoms with Crippen molar-refractivity contribution in [1.82, 2.24) is 9.55 Å². The number of fused-ring (bicyclic) bond motifs is 3. The average molecular weight is 456 g/mol. The number of ether oxygens (including phenoxy) is 3. The maximum atomic E-state index is 13.9. The number of allylic oxidation sites excluding steroid dienone is 1. The van der Waals surface area contributed by atoms with Gasteiger partial charge < -0.3 is 19.5 Å². The number of Topliss-reactive ketones (excluding diaryl/α,β-unsaturated/α-hetero) is 1. The third kappa shape index (κ3) is 3.37. The normalized spacial score (nSPS) is 15.0. The molecule has 0 saturated heterocycles. The topological polar surface area (TPSA) is 74.6 Å². The molecule has 0 spiro atoms. The number of aromatic nitrogens is 2. The van der Waals surface area contributed by atoms with E-state index in [0.717, 1.165) is 22.3 Å². The number of imidazole rings is 1. The van der Waals surface area contributed by atoms with Crippen LogP contribution in [0.3, 0.4) is 0 Å². The van der Waals surface area contributed by atoms with E-state index in [1.54, 1.807) is 21.3 Å². The molecule has 1 aromatic heterocycles. The smallest absolute Gasteiger partial charge is 0.209 e. The number of hydrogen-bond acceptors (Lipinski definition) is 6. The molecule has 5 rings (SSSR count). The van der Waals surface area contributed by atoms with Crippen molar-refractivity contribution in [3.05, 3.63) is 83.4 Å². The summed E-state index contributed by atoms with van der Waals surface area (Å²) in [4.78, 5) is 18.7. The molecule has 172 valence electrons. The first-order chi connectivity index (χ1) is 16.6. The van der Waals surface area contributed by atoms with Crippen LogP contribution in [0.1, 0.15) is 28.9 Å². The van der Waals surface area contributed by atoms with E-state index in [-0.39, 0.29) is 5.78 Å². The summed E-state index contributed by atoms with van der Waals surface area (Å²) in [5.74, 6) is 2.13. The second-order valence-electron chi connectivity index (χ2n) is 7.99. The fraction of sp³-hybridized carbons (Fsp3) is 0.185. The molecule has 1 aliphatic rings. The molecule has 0 aliphatic carbocycles. The first-order valence-electron chi connectivity index (χ1n) is 10.9. The number of carbonyl (C=O) groups excluding carboxylic acids is 1. The molecule has 34 heavy (non-hydrogen) atoms. The van der Waals surface area contributed by atoms with Gasteiger partial charge in [0.1, 0.15) is 0 Å². The second kappa shape index (κ2) is 8.59. The van der Waals surface area contributed by atoms with E-state index < -0.39 is 6.04 Å². The van der Waals surface area contributed by atoms with E-state index in [1.807, 2.05) is 78.2 Å². The van der Waals surface area contributed by atoms with E-state index in [0.29, 0.717) is 34.3 Å². The van der Waals surface area contributed by atoms with Crippen LogP contribution in [0, 0.1) is 0 Å². The third-order valence-electron chi connectivity index (χ3n) is 6.15. The zero-order valence-electron chi connectivity index (χ0n) is 19.5. The standard InChI is InChI=1S/C27H25N3O4/c1-16-23(25(31)17-10-6-5-7-11-17)24(18-14-21(32-2)26(34-4)22(15-18)33-3)29-27-28-19-12-8-9-13-20(19)30(16)27/h5-15,24H,1-4H3,(H,28,29). The van der Waals surface area contributed by atoms with Crippen molar-refractivity contribution in [3.63, 3.8) is 0 Å². The Balaban J connectivity index is 1.76. The van der Waals surface area contributed by atoms with Crippen molar-refractivity contribution in [2.45, 2.75) is 13.0 Å². The van der Waals surface area contributed by atoms with Crippen molar-refractivity contribution in [1.29, 1.82) is 0 Å². The summed E-state index contributed by atoms with van der Waals surface area (Å²) < 4.78 is 18.7. The lowest BCUT2D eigenvalue weighted by Crippen LogP contribution is -2.27. The highest BCUT2D eigenvalue weighted by Crippen LogP contribution is 2.45. The largest absolute Gasteiger partial charge is 0.493 e. The number of anilines is 1. The number of carbonyl (C=O) groups is 1. The van der Waals surface area contributed by atoms with Crippen LogP contribution in [0.5, 0.6) is 17.2 Å². The van der Waals surface area contributed by atoms with Gasteiger partial charge in [0.25, 0.3) is 0 Å². The van der Waals surface area contributed by atoms with E-state index in [1.165, 1.54) is 0 Å². The highest BCUT2D eigenvalue weighted by atomic mass is 16.5. The maximum absolute atomic E-state index is 13.9. The van der Waals surface area contributed by atoms with Crippen LogP contribution in [0.25, 0.3) is 16.7 Å². The summed E-state index contributed by atoms with van der Waals surface area (Å²) in [7, 11) is 4.72. The molecular weight excluding hydrogens is 430 g/mol. The molecule has 7 heteroatoms. The molecule has 7 nitrogen and oxygen atoms in total. The van der Waals surface area contributed by atoms with Gasteiger partial charge in [-0.25, -0.2) is 4.98 Å². The molecule has 4 aromatic rings. The van der Waals surface area contributed by atoms with Crippen LogP contribution < -0.4 is 19.5 Å². The number of nitrogens with zero attached hydrogens (tertiary/aromatic N) is 2. The third-order valence-corrected chi connectivity index (χ3v) is 6.15. The number of hydrogen-bond donors (Lipinski definition) is 1. The lowest BCUT2D eigenvalue weighted by atomic mass is 9.89. The van der Waals surface area contributed by atoms with Gasteiger partial charge in [0, 0.05) is 16.8 Å². The number of benzene rings is 3. The molecular formula is C27H25N3O4. The fourth-order valence-electron chi connectivity index (χ4n) is 4.55. The zero-order chi connectivity index (χ0) is 23.8. The molecule has 1 atom stereocenters. The van der Waals surface area contributed by atoms with Gasteiger partial charge in [-0.15, -0.1) is 0 Å². The highest BCUT2D eigenvalue weighted by Gasteiger charge is 2.34. The summed E-state index contributed by atoms with van der Waals surface area (Å²) in [6.45, 7) is 1.96. The van der Waals surface area contributed by atoms with Crippen molar-refractivity contribution < 1.29 is 19.0 Å². The Labute approximate surface area is 197 Å². The molecule has 2 heterocycles. The quantitative estimate of drug-likeness (QED) is 0.396. The summed E-state index contributed by atoms with van der Waals surface area (Å²) in [5.41, 5.74) is 4.63. The molecule has 1 aliphatic heterocycles. The fourth-order valence-corrected chi connectivity index (χ4v) is 4.55. The van der Waals surface area contributed by atoms with Gasteiger partial charge in [-0.05, 0) is 36.8 Å². The molecule has 0 amide bonds. The van der Waals surface area contributed by atoms with Gasteiger partial charge >= 0.3 is 0 Å². The molecule has 1 unspecified atom stereocenters. The van der Waals surface area contributed by atoms with Crippen molar-refractivity contribution >= 4 is 28.5 Å². The zero-order valence-corrected chi connectivity index (χ0v) is 19.5. The van der Waals surface area contributed by atoms with E-state index in [4.69, 9.17) is 19.2 Å². The molecule has 0 saturated carbocycles. The second-order valence-corrected chi connectivity index (χ2v) is 7.99. The molecule has 1 N–H and O–H groups in total. The number of ketones is 1. The Morgan fingerprint density at radius 3 is 2.21 bits per heavy atom. The number of methoxy groups -OCH3 is 3. The van der Waals surface area contributed by atoms with Gasteiger partial charge in [0.15, 0.2) is 17.3 Å². The monoisotopic (exact) mass is 455 g/mol. The van der Waals surface area contributed by atoms with E-state index in [9.17, 15) is 4.79 Å². The van der Waals surface area contributed by atoms with Crippen molar-refractivity contribution in [3.8, 4) is 17.2 Å². The Morgan fingerprint density at radius 1 is 0.912 bits per heavy atom. The predicted octanol–water partition coefficient (Wildman–Crippen LogP) is 5.34. The summed E-state index contributed by atoms with van der Waals surface area (Å²) in [6.07, 6.45) is 0. The first kappa shape index (κ1) is 21.6. The molecule has 0 fully saturated rings. The summed E-state index contributed by atoms with van der Waals surface area (Å²) in [5, 5.41) is 3.50. The predicted molar refractivity (Wildman–Crippen MR) is 132 cm³/mol. The summed E-state index contributed by atoms with van der Waals surface area (Å²) >= 11 is 0. The number of nitrogens with one attached hydrogen (secondary N) is 1. The van der Waals surface area contributed by atoms with Gasteiger partial charge in [-0.1, -0.05) is 42.5 Å². The minimum atomic E-state index is -0.481. The van der Waals surface area contributed by atoms with E-state index in [2.05, 4.69) is 5.32 Å². The van der Waals surface area contributed by atoms with Gasteiger partial charge in [-0.3, -0.25) is 9.36 Å². The first-order valence-corrected chi connectivity index (χ1v) is 10.9.